The summed E-state index contributed by atoms with van der Waals surface area (Å²) in [5.74, 6) is 0.499. The van der Waals surface area contributed by atoms with Gasteiger partial charge in [-0.2, -0.15) is 0 Å². The first-order valence-corrected chi connectivity index (χ1v) is 8.81. The Labute approximate surface area is 149 Å². The molecule has 7 heteroatoms. The highest BCUT2D eigenvalue weighted by Crippen LogP contribution is 2.18. The molecule has 1 heterocycles. The number of carbonyl (C=O) groups excluding carboxylic acids is 1. The maximum absolute atomic E-state index is 13.5. The number of thioether (sulfide) groups is 1. The number of halogens is 1. The fourth-order valence-corrected chi connectivity index (χ4v) is 2.88. The molecule has 3 rings (SSSR count). The standard InChI is InChI=1S/C18H17FN4OS/c19-15-9-5-4-6-13(15)10-11-20-16(24)12-25-18-21-17(22-23-18)14-7-2-1-3-8-14/h1-9H,10-12H2,(H,20,24)(H,21,22,23). The van der Waals surface area contributed by atoms with Gasteiger partial charge in [0.25, 0.3) is 0 Å². The summed E-state index contributed by atoms with van der Waals surface area (Å²) in [6.07, 6.45) is 0.460. The number of benzene rings is 2. The summed E-state index contributed by atoms with van der Waals surface area (Å²) in [5.41, 5.74) is 1.54. The fraction of sp³-hybridized carbons (Fsp3) is 0.167. The van der Waals surface area contributed by atoms with E-state index >= 15 is 0 Å². The molecule has 2 aromatic carbocycles. The van der Waals surface area contributed by atoms with Gasteiger partial charge in [-0.1, -0.05) is 60.3 Å². The summed E-state index contributed by atoms with van der Waals surface area (Å²) in [6.45, 7) is 0.392. The van der Waals surface area contributed by atoms with Gasteiger partial charge in [-0.3, -0.25) is 9.89 Å². The van der Waals surface area contributed by atoms with Crippen molar-refractivity contribution in [1.29, 1.82) is 0 Å². The topological polar surface area (TPSA) is 70.7 Å². The first-order chi connectivity index (χ1) is 12.2. The van der Waals surface area contributed by atoms with E-state index < -0.39 is 0 Å². The molecule has 0 aliphatic carbocycles. The Morgan fingerprint density at radius 3 is 2.68 bits per heavy atom. The van der Waals surface area contributed by atoms with E-state index in [-0.39, 0.29) is 17.5 Å². The van der Waals surface area contributed by atoms with Crippen LogP contribution in [0.4, 0.5) is 4.39 Å². The summed E-state index contributed by atoms with van der Waals surface area (Å²) in [7, 11) is 0. The lowest BCUT2D eigenvalue weighted by atomic mass is 10.1. The number of rotatable bonds is 7. The predicted octanol–water partition coefficient (Wildman–Crippen LogP) is 3.06. The number of hydrogen-bond acceptors (Lipinski definition) is 4. The molecule has 0 aliphatic rings. The number of hydrogen-bond donors (Lipinski definition) is 2. The molecule has 1 amide bonds. The van der Waals surface area contributed by atoms with E-state index in [2.05, 4.69) is 20.5 Å². The molecule has 0 unspecified atom stereocenters. The number of H-pyrrole nitrogens is 1. The van der Waals surface area contributed by atoms with Crippen molar-refractivity contribution in [2.45, 2.75) is 11.6 Å². The van der Waals surface area contributed by atoms with E-state index in [4.69, 9.17) is 0 Å². The predicted molar refractivity (Wildman–Crippen MR) is 95.7 cm³/mol. The van der Waals surface area contributed by atoms with Crippen LogP contribution in [0.15, 0.2) is 59.8 Å². The van der Waals surface area contributed by atoms with Crippen LogP contribution in [0.5, 0.6) is 0 Å². The van der Waals surface area contributed by atoms with Crippen molar-refractivity contribution in [3.05, 3.63) is 66.0 Å². The van der Waals surface area contributed by atoms with Gasteiger partial charge >= 0.3 is 0 Å². The van der Waals surface area contributed by atoms with E-state index in [0.29, 0.717) is 29.5 Å². The number of aromatic nitrogens is 3. The quantitative estimate of drug-likeness (QED) is 0.638. The number of aromatic amines is 1. The Hall–Kier alpha value is -2.67. The van der Waals surface area contributed by atoms with E-state index in [9.17, 15) is 9.18 Å². The van der Waals surface area contributed by atoms with Crippen LogP contribution >= 0.6 is 11.8 Å². The van der Waals surface area contributed by atoms with Gasteiger partial charge in [-0.25, -0.2) is 9.37 Å². The van der Waals surface area contributed by atoms with Gasteiger partial charge in [-0.15, -0.1) is 5.10 Å². The molecule has 0 spiro atoms. The molecule has 0 saturated carbocycles. The van der Waals surface area contributed by atoms with Gasteiger partial charge in [0, 0.05) is 12.1 Å². The Balaban J connectivity index is 1.44. The van der Waals surface area contributed by atoms with Crippen molar-refractivity contribution in [2.24, 2.45) is 0 Å². The van der Waals surface area contributed by atoms with Gasteiger partial charge < -0.3 is 5.32 Å². The van der Waals surface area contributed by atoms with Crippen LogP contribution in [-0.2, 0) is 11.2 Å². The summed E-state index contributed by atoms with van der Waals surface area (Å²) < 4.78 is 13.5. The second-order valence-electron chi connectivity index (χ2n) is 5.31. The largest absolute Gasteiger partial charge is 0.355 e. The summed E-state index contributed by atoms with van der Waals surface area (Å²) in [6, 6.07) is 16.2. The number of nitrogens with zero attached hydrogens (tertiary/aromatic N) is 2. The number of nitrogens with one attached hydrogen (secondary N) is 2. The first kappa shape index (κ1) is 17.2. The average Bonchev–Trinajstić information content (AvgIpc) is 3.11. The minimum atomic E-state index is -0.250. The molecule has 0 saturated heterocycles. The Bertz CT molecular complexity index is 838. The summed E-state index contributed by atoms with van der Waals surface area (Å²) in [5, 5.41) is 10.3. The maximum atomic E-state index is 13.5. The molecule has 1 aromatic heterocycles. The zero-order valence-electron chi connectivity index (χ0n) is 13.4. The van der Waals surface area contributed by atoms with Crippen LogP contribution in [-0.4, -0.2) is 33.4 Å². The fourth-order valence-electron chi connectivity index (χ4n) is 2.25. The molecule has 5 nitrogen and oxygen atoms in total. The zero-order chi connectivity index (χ0) is 17.5. The van der Waals surface area contributed by atoms with Crippen molar-refractivity contribution in [3.63, 3.8) is 0 Å². The molecule has 128 valence electrons. The van der Waals surface area contributed by atoms with E-state index in [1.807, 2.05) is 30.3 Å². The SMILES string of the molecule is O=C(CSc1n[nH]c(-c2ccccc2)n1)NCCc1ccccc1F. The lowest BCUT2D eigenvalue weighted by molar-refractivity contribution is -0.118. The maximum Gasteiger partial charge on any atom is 0.230 e. The van der Waals surface area contributed by atoms with Crippen molar-refractivity contribution in [1.82, 2.24) is 20.5 Å². The van der Waals surface area contributed by atoms with Gasteiger partial charge in [0.05, 0.1) is 5.75 Å². The van der Waals surface area contributed by atoms with Crippen LogP contribution in [0.1, 0.15) is 5.56 Å². The van der Waals surface area contributed by atoms with E-state index in [1.165, 1.54) is 17.8 Å². The van der Waals surface area contributed by atoms with Crippen LogP contribution in [0.2, 0.25) is 0 Å². The average molecular weight is 356 g/mol. The smallest absolute Gasteiger partial charge is 0.230 e. The number of amides is 1. The van der Waals surface area contributed by atoms with Gasteiger partial charge in [0.1, 0.15) is 5.82 Å². The Kier molecular flexibility index (Phi) is 5.79. The van der Waals surface area contributed by atoms with E-state index in [0.717, 1.165) is 5.56 Å². The molecule has 0 bridgehead atoms. The lowest BCUT2D eigenvalue weighted by Gasteiger charge is -2.05. The van der Waals surface area contributed by atoms with Gasteiger partial charge in [0.2, 0.25) is 11.1 Å². The monoisotopic (exact) mass is 356 g/mol. The summed E-state index contributed by atoms with van der Waals surface area (Å²) in [4.78, 5) is 16.2. The van der Waals surface area contributed by atoms with Crippen LogP contribution in [0, 0.1) is 5.82 Å². The minimum Gasteiger partial charge on any atom is -0.355 e. The molecule has 0 radical (unpaired) electrons. The van der Waals surface area contributed by atoms with Gasteiger partial charge in [0.15, 0.2) is 5.82 Å². The Morgan fingerprint density at radius 2 is 1.88 bits per heavy atom. The lowest BCUT2D eigenvalue weighted by Crippen LogP contribution is -2.27. The minimum absolute atomic E-state index is 0.132. The highest BCUT2D eigenvalue weighted by atomic mass is 32.2. The Morgan fingerprint density at radius 1 is 1.12 bits per heavy atom. The molecule has 0 aliphatic heterocycles. The third kappa shape index (κ3) is 4.90. The summed E-state index contributed by atoms with van der Waals surface area (Å²) >= 11 is 1.25. The zero-order valence-corrected chi connectivity index (χ0v) is 14.2. The molecule has 0 atom stereocenters. The molecule has 3 aromatic rings. The third-order valence-electron chi connectivity index (χ3n) is 3.52. The molecule has 25 heavy (non-hydrogen) atoms. The van der Waals surface area contributed by atoms with Gasteiger partial charge in [-0.05, 0) is 18.1 Å². The molecule has 2 N–H and O–H groups in total. The second-order valence-corrected chi connectivity index (χ2v) is 6.26. The van der Waals surface area contributed by atoms with Crippen LogP contribution in [0.3, 0.4) is 0 Å². The second kappa shape index (κ2) is 8.43. The molecular weight excluding hydrogens is 339 g/mol. The molecular formula is C18H17FN4OS. The first-order valence-electron chi connectivity index (χ1n) is 7.83. The van der Waals surface area contributed by atoms with Crippen molar-refractivity contribution in [3.8, 4) is 11.4 Å². The normalized spacial score (nSPS) is 10.6. The third-order valence-corrected chi connectivity index (χ3v) is 4.37. The van der Waals surface area contributed by atoms with Crippen LogP contribution < -0.4 is 5.32 Å². The molecule has 0 fully saturated rings. The highest BCUT2D eigenvalue weighted by Gasteiger charge is 2.09. The van der Waals surface area contributed by atoms with Crippen molar-refractivity contribution >= 4 is 17.7 Å². The van der Waals surface area contributed by atoms with Crippen LogP contribution in [0.25, 0.3) is 11.4 Å². The van der Waals surface area contributed by atoms with Crippen molar-refractivity contribution in [2.75, 3.05) is 12.3 Å². The highest BCUT2D eigenvalue weighted by molar-refractivity contribution is 7.99. The number of carbonyl (C=O) groups is 1. The van der Waals surface area contributed by atoms with Crippen molar-refractivity contribution < 1.29 is 9.18 Å². The van der Waals surface area contributed by atoms with E-state index in [1.54, 1.807) is 18.2 Å².